The molecule has 15 heavy (non-hydrogen) atoms. The molecule has 2 aliphatic rings. The first kappa shape index (κ1) is 12.4. The Balaban J connectivity index is 2.03. The van der Waals surface area contributed by atoms with E-state index in [1.165, 1.54) is 44.9 Å². The van der Waals surface area contributed by atoms with Crippen LogP contribution in [0.4, 0.5) is 0 Å². The molecule has 4 atom stereocenters. The molecule has 0 aromatic heterocycles. The first-order valence-electron chi connectivity index (χ1n) is 6.33. The van der Waals surface area contributed by atoms with Crippen molar-refractivity contribution in [1.29, 1.82) is 0 Å². The molecule has 0 spiro atoms. The normalized spacial score (nSPS) is 42.6. The minimum Gasteiger partial charge on any atom is -0.0916 e. The highest BCUT2D eigenvalue weighted by atomic mass is 79.9. The summed E-state index contributed by atoms with van der Waals surface area (Å²) in [6.45, 7) is 2.46. The van der Waals surface area contributed by atoms with Crippen LogP contribution in [0.1, 0.15) is 51.9 Å². The lowest BCUT2D eigenvalue weighted by molar-refractivity contribution is 0.0391. The highest BCUT2D eigenvalue weighted by Gasteiger charge is 2.42. The Kier molecular flexibility index (Phi) is 4.20. The average molecular weight is 338 g/mol. The molecule has 2 aliphatic carbocycles. The van der Waals surface area contributed by atoms with Gasteiger partial charge in [-0.1, -0.05) is 51.6 Å². The number of hydrogen-bond donors (Lipinski definition) is 0. The quantitative estimate of drug-likeness (QED) is 0.625. The fraction of sp³-hybridized carbons (Fsp3) is 1.00. The third kappa shape index (κ3) is 3.00. The Morgan fingerprint density at radius 3 is 2.93 bits per heavy atom. The summed E-state index contributed by atoms with van der Waals surface area (Å²) >= 11 is 7.40. The minimum atomic E-state index is 0.682. The van der Waals surface area contributed by atoms with Crippen LogP contribution in [-0.2, 0) is 0 Å². The fourth-order valence-corrected chi connectivity index (χ4v) is 5.07. The van der Waals surface area contributed by atoms with Crippen molar-refractivity contribution in [3.8, 4) is 0 Å². The summed E-state index contributed by atoms with van der Waals surface area (Å²) in [7, 11) is 0. The summed E-state index contributed by atoms with van der Waals surface area (Å²) in [6, 6.07) is 0. The van der Waals surface area contributed by atoms with Crippen LogP contribution in [0.5, 0.6) is 0 Å². The first-order chi connectivity index (χ1) is 7.13. The van der Waals surface area contributed by atoms with Crippen LogP contribution in [0.2, 0.25) is 0 Å². The average Bonchev–Trinajstić information content (AvgIpc) is 2.15. The highest BCUT2D eigenvalue weighted by molar-refractivity contribution is 9.12. The Labute approximate surface area is 111 Å². The molecule has 2 bridgehead atoms. The molecule has 2 fully saturated rings. The molecule has 88 valence electrons. The first-order valence-corrected chi connectivity index (χ1v) is 8.37. The Hall–Kier alpha value is 0.960. The Bertz CT molecular complexity index is 213. The van der Waals surface area contributed by atoms with Gasteiger partial charge >= 0.3 is 0 Å². The molecule has 0 heterocycles. The Morgan fingerprint density at radius 1 is 1.40 bits per heavy atom. The summed E-state index contributed by atoms with van der Waals surface area (Å²) in [5, 5.41) is 1.10. The molecule has 0 aromatic carbocycles. The van der Waals surface area contributed by atoms with Crippen LogP contribution in [0, 0.1) is 17.3 Å². The lowest BCUT2D eigenvalue weighted by atomic mass is 9.58. The van der Waals surface area contributed by atoms with Gasteiger partial charge in [-0.2, -0.15) is 0 Å². The van der Waals surface area contributed by atoms with Gasteiger partial charge in [0.25, 0.3) is 0 Å². The van der Waals surface area contributed by atoms with E-state index in [2.05, 4.69) is 38.8 Å². The monoisotopic (exact) mass is 336 g/mol. The van der Waals surface area contributed by atoms with E-state index >= 15 is 0 Å². The van der Waals surface area contributed by atoms with E-state index in [4.69, 9.17) is 0 Å². The summed E-state index contributed by atoms with van der Waals surface area (Å²) < 4.78 is 0. The summed E-state index contributed by atoms with van der Waals surface area (Å²) in [6.07, 6.45) is 10.4. The maximum atomic E-state index is 3.81. The molecule has 4 unspecified atom stereocenters. The molecule has 2 rings (SSSR count). The van der Waals surface area contributed by atoms with Crippen LogP contribution in [-0.4, -0.2) is 10.2 Å². The summed E-state index contributed by atoms with van der Waals surface area (Å²) in [4.78, 5) is 0.682. The van der Waals surface area contributed by atoms with Gasteiger partial charge in [0, 0.05) is 10.2 Å². The van der Waals surface area contributed by atoms with Crippen molar-refractivity contribution >= 4 is 31.9 Å². The lowest BCUT2D eigenvalue weighted by Gasteiger charge is -2.48. The molecule has 0 radical (unpaired) electrons. The number of hydrogen-bond acceptors (Lipinski definition) is 0. The van der Waals surface area contributed by atoms with Gasteiger partial charge in [0.15, 0.2) is 0 Å². The van der Waals surface area contributed by atoms with Gasteiger partial charge in [-0.05, 0) is 49.4 Å². The van der Waals surface area contributed by atoms with Crippen molar-refractivity contribution in [1.82, 2.24) is 0 Å². The zero-order valence-electron chi connectivity index (χ0n) is 9.64. The van der Waals surface area contributed by atoms with Crippen LogP contribution in [0.25, 0.3) is 0 Å². The van der Waals surface area contributed by atoms with E-state index in [0.29, 0.717) is 10.2 Å². The maximum absolute atomic E-state index is 3.81. The zero-order valence-corrected chi connectivity index (χ0v) is 12.8. The molecular weight excluding hydrogens is 316 g/mol. The van der Waals surface area contributed by atoms with Crippen LogP contribution < -0.4 is 0 Å². The van der Waals surface area contributed by atoms with Crippen LogP contribution in [0.3, 0.4) is 0 Å². The predicted octanol–water partition coefficient (Wildman–Crippen LogP) is 5.14. The molecule has 2 heteroatoms. The van der Waals surface area contributed by atoms with E-state index in [9.17, 15) is 0 Å². The van der Waals surface area contributed by atoms with Crippen molar-refractivity contribution in [3.05, 3.63) is 0 Å². The second-order valence-electron chi connectivity index (χ2n) is 5.96. The third-order valence-corrected chi connectivity index (χ3v) is 6.68. The number of halogens is 2. The van der Waals surface area contributed by atoms with Gasteiger partial charge in [-0.15, -0.1) is 0 Å². The molecule has 0 aliphatic heterocycles. The molecule has 2 saturated carbocycles. The lowest BCUT2D eigenvalue weighted by Crippen LogP contribution is -2.38. The van der Waals surface area contributed by atoms with E-state index in [1.54, 1.807) is 0 Å². The van der Waals surface area contributed by atoms with Gasteiger partial charge in [-0.3, -0.25) is 0 Å². The minimum absolute atomic E-state index is 0.682. The van der Waals surface area contributed by atoms with Crippen molar-refractivity contribution in [2.45, 2.75) is 56.7 Å². The van der Waals surface area contributed by atoms with Crippen molar-refractivity contribution in [2.24, 2.45) is 17.3 Å². The van der Waals surface area contributed by atoms with Gasteiger partial charge < -0.3 is 0 Å². The van der Waals surface area contributed by atoms with Gasteiger partial charge in [0.05, 0.1) is 0 Å². The second-order valence-corrected chi connectivity index (χ2v) is 7.91. The molecule has 0 N–H and O–H groups in total. The molecule has 0 aromatic rings. The largest absolute Gasteiger partial charge is 0.0916 e. The van der Waals surface area contributed by atoms with Crippen LogP contribution in [0.15, 0.2) is 0 Å². The van der Waals surface area contributed by atoms with Gasteiger partial charge in [-0.25, -0.2) is 0 Å². The van der Waals surface area contributed by atoms with Gasteiger partial charge in [0.2, 0.25) is 0 Å². The van der Waals surface area contributed by atoms with E-state index in [0.717, 1.165) is 17.2 Å². The maximum Gasteiger partial charge on any atom is 0.0248 e. The van der Waals surface area contributed by atoms with E-state index in [-0.39, 0.29) is 0 Å². The third-order valence-electron chi connectivity index (χ3n) is 4.38. The summed E-state index contributed by atoms with van der Waals surface area (Å²) in [5.41, 5.74) is 0.697. The molecular formula is C13H22Br2. The van der Waals surface area contributed by atoms with Crippen molar-refractivity contribution in [2.75, 3.05) is 5.33 Å². The molecule has 0 saturated heterocycles. The Morgan fingerprint density at radius 2 is 2.20 bits per heavy atom. The van der Waals surface area contributed by atoms with Gasteiger partial charge in [0.1, 0.15) is 0 Å². The summed E-state index contributed by atoms with van der Waals surface area (Å²) in [5.74, 6) is 2.02. The van der Waals surface area contributed by atoms with Crippen molar-refractivity contribution < 1.29 is 0 Å². The fourth-order valence-electron chi connectivity index (χ4n) is 4.15. The standard InChI is InChI=1S/C13H22Br2/c1-10-5-11-3-2-4-13(6-10,7-11)8-12(15)9-14/h10-12H,2-9H2,1H3. The smallest absolute Gasteiger partial charge is 0.0248 e. The highest BCUT2D eigenvalue weighted by Crippen LogP contribution is 2.53. The predicted molar refractivity (Wildman–Crippen MR) is 73.9 cm³/mol. The second kappa shape index (κ2) is 5.08. The van der Waals surface area contributed by atoms with Crippen LogP contribution >= 0.6 is 31.9 Å². The number of rotatable bonds is 3. The number of fused-ring (bicyclic) bond motifs is 2. The van der Waals surface area contributed by atoms with E-state index < -0.39 is 0 Å². The number of alkyl halides is 2. The topological polar surface area (TPSA) is 0 Å². The van der Waals surface area contributed by atoms with Crippen molar-refractivity contribution in [3.63, 3.8) is 0 Å². The zero-order chi connectivity index (χ0) is 10.9. The molecule has 0 nitrogen and oxygen atoms in total. The molecule has 0 amide bonds. The van der Waals surface area contributed by atoms with E-state index in [1.807, 2.05) is 0 Å². The SMILES string of the molecule is CC1CC2CCCC(CC(Br)CBr)(C1)C2.